The van der Waals surface area contributed by atoms with Crippen molar-refractivity contribution in [3.8, 4) is 0 Å². The number of carbonyl (C=O) groups is 1. The van der Waals surface area contributed by atoms with Gasteiger partial charge in [-0.15, -0.1) is 0 Å². The van der Waals surface area contributed by atoms with Crippen molar-refractivity contribution in [2.24, 2.45) is 0 Å². The van der Waals surface area contributed by atoms with E-state index in [-0.39, 0.29) is 5.91 Å². The first-order valence-electron chi connectivity index (χ1n) is 6.48. The van der Waals surface area contributed by atoms with Crippen LogP contribution in [0.15, 0.2) is 42.5 Å². The molecule has 0 spiro atoms. The van der Waals surface area contributed by atoms with Crippen molar-refractivity contribution in [1.82, 2.24) is 5.32 Å². The second-order valence-corrected chi connectivity index (χ2v) is 4.92. The molecule has 0 unspecified atom stereocenters. The molecule has 0 aliphatic rings. The molecule has 0 atom stereocenters. The van der Waals surface area contributed by atoms with Gasteiger partial charge in [-0.25, -0.2) is 0 Å². The quantitative estimate of drug-likeness (QED) is 0.890. The molecule has 0 saturated heterocycles. The second kappa shape index (κ2) is 5.70. The van der Waals surface area contributed by atoms with E-state index in [1.54, 1.807) is 0 Å². The van der Waals surface area contributed by atoms with Gasteiger partial charge in [-0.3, -0.25) is 4.79 Å². The fourth-order valence-electron chi connectivity index (χ4n) is 1.98. The van der Waals surface area contributed by atoms with Crippen molar-refractivity contribution >= 4 is 5.91 Å². The highest BCUT2D eigenvalue weighted by atomic mass is 16.1. The maximum atomic E-state index is 12.1. The third-order valence-corrected chi connectivity index (χ3v) is 3.42. The largest absolute Gasteiger partial charge is 0.348 e. The van der Waals surface area contributed by atoms with Crippen LogP contribution in [0.2, 0.25) is 0 Å². The number of amides is 1. The first kappa shape index (κ1) is 13.3. The molecule has 2 nitrogen and oxygen atoms in total. The summed E-state index contributed by atoms with van der Waals surface area (Å²) in [5.74, 6) is -0.0122. The van der Waals surface area contributed by atoms with E-state index in [0.717, 1.165) is 22.3 Å². The van der Waals surface area contributed by atoms with Gasteiger partial charge >= 0.3 is 0 Å². The van der Waals surface area contributed by atoms with Crippen LogP contribution in [-0.4, -0.2) is 5.91 Å². The maximum Gasteiger partial charge on any atom is 0.251 e. The molecule has 0 fully saturated rings. The van der Waals surface area contributed by atoms with E-state index in [2.05, 4.69) is 24.4 Å². The Morgan fingerprint density at radius 3 is 2.37 bits per heavy atom. The van der Waals surface area contributed by atoms with E-state index in [1.807, 2.05) is 44.2 Å². The van der Waals surface area contributed by atoms with Crippen molar-refractivity contribution in [1.29, 1.82) is 0 Å². The monoisotopic (exact) mass is 253 g/mol. The lowest BCUT2D eigenvalue weighted by molar-refractivity contribution is 0.0950. The molecule has 0 aliphatic heterocycles. The van der Waals surface area contributed by atoms with Gasteiger partial charge < -0.3 is 5.32 Å². The van der Waals surface area contributed by atoms with E-state index < -0.39 is 0 Å². The predicted molar refractivity (Wildman–Crippen MR) is 78.3 cm³/mol. The number of hydrogen-bond donors (Lipinski definition) is 1. The lowest BCUT2D eigenvalue weighted by atomic mass is 10.0. The zero-order valence-electron chi connectivity index (χ0n) is 11.7. The summed E-state index contributed by atoms with van der Waals surface area (Å²) in [7, 11) is 0. The fraction of sp³-hybridized carbons (Fsp3) is 0.235. The minimum absolute atomic E-state index is 0.0122. The molecule has 2 heteroatoms. The van der Waals surface area contributed by atoms with E-state index in [4.69, 9.17) is 0 Å². The number of hydrogen-bond acceptors (Lipinski definition) is 1. The van der Waals surface area contributed by atoms with Crippen LogP contribution < -0.4 is 5.32 Å². The molecule has 0 saturated carbocycles. The minimum atomic E-state index is -0.0122. The Kier molecular flexibility index (Phi) is 4.00. The van der Waals surface area contributed by atoms with E-state index in [9.17, 15) is 4.79 Å². The van der Waals surface area contributed by atoms with Gasteiger partial charge in [0, 0.05) is 12.1 Å². The molecule has 2 aromatic rings. The normalized spacial score (nSPS) is 10.3. The summed E-state index contributed by atoms with van der Waals surface area (Å²) in [4.78, 5) is 12.1. The molecule has 0 radical (unpaired) electrons. The number of aryl methyl sites for hydroxylation is 2. The number of nitrogens with one attached hydrogen (secondary N) is 1. The Balaban J connectivity index is 2.05. The van der Waals surface area contributed by atoms with Gasteiger partial charge in [-0.05, 0) is 43.5 Å². The lowest BCUT2D eigenvalue weighted by Crippen LogP contribution is -2.23. The fourth-order valence-corrected chi connectivity index (χ4v) is 1.98. The van der Waals surface area contributed by atoms with Gasteiger partial charge in [0.05, 0.1) is 0 Å². The molecule has 1 amide bonds. The Hall–Kier alpha value is -2.09. The van der Waals surface area contributed by atoms with Crippen LogP contribution in [0.5, 0.6) is 0 Å². The average Bonchev–Trinajstić information content (AvgIpc) is 2.41. The topological polar surface area (TPSA) is 29.1 Å². The van der Waals surface area contributed by atoms with Gasteiger partial charge in [0.2, 0.25) is 0 Å². The second-order valence-electron chi connectivity index (χ2n) is 4.92. The molecule has 19 heavy (non-hydrogen) atoms. The smallest absolute Gasteiger partial charge is 0.251 e. The molecule has 1 N–H and O–H groups in total. The van der Waals surface area contributed by atoms with E-state index in [0.29, 0.717) is 6.54 Å². The van der Waals surface area contributed by atoms with Gasteiger partial charge in [0.25, 0.3) is 5.91 Å². The molecule has 2 rings (SSSR count). The molecular weight excluding hydrogens is 234 g/mol. The summed E-state index contributed by atoms with van der Waals surface area (Å²) in [6.45, 7) is 6.62. The summed E-state index contributed by atoms with van der Waals surface area (Å²) in [6, 6.07) is 14.0. The van der Waals surface area contributed by atoms with Crippen molar-refractivity contribution < 1.29 is 4.79 Å². The number of rotatable bonds is 3. The van der Waals surface area contributed by atoms with Crippen LogP contribution in [0, 0.1) is 20.8 Å². The van der Waals surface area contributed by atoms with Crippen LogP contribution in [0.25, 0.3) is 0 Å². The molecule has 0 aliphatic carbocycles. The summed E-state index contributed by atoms with van der Waals surface area (Å²) in [5, 5.41) is 2.96. The summed E-state index contributed by atoms with van der Waals surface area (Å²) in [5.41, 5.74) is 5.29. The van der Waals surface area contributed by atoms with E-state index in [1.165, 1.54) is 5.56 Å². The van der Waals surface area contributed by atoms with Crippen molar-refractivity contribution in [3.05, 3.63) is 70.3 Å². The van der Waals surface area contributed by atoms with Gasteiger partial charge in [-0.1, -0.05) is 42.0 Å². The Bertz CT molecular complexity index is 585. The van der Waals surface area contributed by atoms with Crippen molar-refractivity contribution in [2.75, 3.05) is 0 Å². The van der Waals surface area contributed by atoms with Crippen LogP contribution in [0.4, 0.5) is 0 Å². The molecule has 0 heterocycles. The highest BCUT2D eigenvalue weighted by Crippen LogP contribution is 2.12. The minimum Gasteiger partial charge on any atom is -0.348 e. The molecule has 0 aromatic heterocycles. The zero-order chi connectivity index (χ0) is 13.8. The molecule has 2 aromatic carbocycles. The predicted octanol–water partition coefficient (Wildman–Crippen LogP) is 3.54. The Morgan fingerprint density at radius 1 is 1.00 bits per heavy atom. The van der Waals surface area contributed by atoms with Gasteiger partial charge in [0.15, 0.2) is 0 Å². The SMILES string of the molecule is Cc1ccc(CNC(=O)c2cccc(C)c2C)cc1. The molecule has 0 bridgehead atoms. The molecular formula is C17H19NO. The van der Waals surface area contributed by atoms with Gasteiger partial charge in [0.1, 0.15) is 0 Å². The summed E-state index contributed by atoms with van der Waals surface area (Å²) >= 11 is 0. The zero-order valence-corrected chi connectivity index (χ0v) is 11.7. The summed E-state index contributed by atoms with van der Waals surface area (Å²) in [6.07, 6.45) is 0. The van der Waals surface area contributed by atoms with Crippen LogP contribution in [-0.2, 0) is 6.54 Å². The third kappa shape index (κ3) is 3.22. The first-order chi connectivity index (χ1) is 9.08. The lowest BCUT2D eigenvalue weighted by Gasteiger charge is -2.09. The first-order valence-corrected chi connectivity index (χ1v) is 6.48. The summed E-state index contributed by atoms with van der Waals surface area (Å²) < 4.78 is 0. The Labute approximate surface area is 114 Å². The van der Waals surface area contributed by atoms with Crippen molar-refractivity contribution in [3.63, 3.8) is 0 Å². The average molecular weight is 253 g/mol. The van der Waals surface area contributed by atoms with Crippen LogP contribution >= 0.6 is 0 Å². The van der Waals surface area contributed by atoms with Crippen LogP contribution in [0.1, 0.15) is 32.6 Å². The van der Waals surface area contributed by atoms with Crippen LogP contribution in [0.3, 0.4) is 0 Å². The number of carbonyl (C=O) groups excluding carboxylic acids is 1. The highest BCUT2D eigenvalue weighted by molar-refractivity contribution is 5.95. The standard InChI is InChI=1S/C17H19NO/c1-12-7-9-15(10-8-12)11-18-17(19)16-6-4-5-13(2)14(16)3/h4-10H,11H2,1-3H3,(H,18,19). The van der Waals surface area contributed by atoms with Crippen molar-refractivity contribution in [2.45, 2.75) is 27.3 Å². The van der Waals surface area contributed by atoms with E-state index >= 15 is 0 Å². The maximum absolute atomic E-state index is 12.1. The highest BCUT2D eigenvalue weighted by Gasteiger charge is 2.09. The third-order valence-electron chi connectivity index (χ3n) is 3.42. The Morgan fingerprint density at radius 2 is 1.68 bits per heavy atom. The molecule has 98 valence electrons. The number of benzene rings is 2. The van der Waals surface area contributed by atoms with Gasteiger partial charge in [-0.2, -0.15) is 0 Å².